The van der Waals surface area contributed by atoms with Crippen LogP contribution in [0.4, 0.5) is 5.82 Å². The molecule has 0 aliphatic carbocycles. The van der Waals surface area contributed by atoms with Crippen LogP contribution in [-0.2, 0) is 6.54 Å². The van der Waals surface area contributed by atoms with Gasteiger partial charge in [0.15, 0.2) is 5.65 Å². The third-order valence-corrected chi connectivity index (χ3v) is 5.53. The van der Waals surface area contributed by atoms with Crippen molar-refractivity contribution in [1.29, 1.82) is 0 Å². The summed E-state index contributed by atoms with van der Waals surface area (Å²) in [5.74, 6) is 0.834. The summed E-state index contributed by atoms with van der Waals surface area (Å²) in [5.41, 5.74) is 1.81. The molecular formula is C17H18BrClN6O. The summed E-state index contributed by atoms with van der Waals surface area (Å²) in [6.07, 6.45) is 1.53. The number of aliphatic hydroxyl groups is 1. The highest BCUT2D eigenvalue weighted by Crippen LogP contribution is 2.29. The molecule has 0 amide bonds. The van der Waals surface area contributed by atoms with E-state index in [9.17, 15) is 5.11 Å². The van der Waals surface area contributed by atoms with Crippen LogP contribution in [0.5, 0.6) is 0 Å². The van der Waals surface area contributed by atoms with E-state index in [1.807, 2.05) is 24.3 Å². The zero-order valence-electron chi connectivity index (χ0n) is 13.9. The lowest BCUT2D eigenvalue weighted by Crippen LogP contribution is -2.54. The number of aromatic amines is 1. The maximum atomic E-state index is 9.93. The van der Waals surface area contributed by atoms with Crippen molar-refractivity contribution in [3.8, 4) is 0 Å². The Labute approximate surface area is 164 Å². The molecule has 0 saturated carbocycles. The van der Waals surface area contributed by atoms with Gasteiger partial charge in [-0.3, -0.25) is 10.00 Å². The summed E-state index contributed by atoms with van der Waals surface area (Å²) in [4.78, 5) is 13.1. The number of halogens is 2. The summed E-state index contributed by atoms with van der Waals surface area (Å²) in [7, 11) is 0. The number of fused-ring (bicyclic) bond motifs is 1. The minimum Gasteiger partial charge on any atom is -0.395 e. The van der Waals surface area contributed by atoms with E-state index < -0.39 is 0 Å². The van der Waals surface area contributed by atoms with E-state index in [1.54, 1.807) is 0 Å². The van der Waals surface area contributed by atoms with Gasteiger partial charge in [-0.05, 0) is 33.6 Å². The Bertz CT molecular complexity index is 902. The summed E-state index contributed by atoms with van der Waals surface area (Å²) in [5, 5.41) is 18.6. The van der Waals surface area contributed by atoms with Crippen LogP contribution in [0.2, 0.25) is 5.02 Å². The van der Waals surface area contributed by atoms with Gasteiger partial charge >= 0.3 is 0 Å². The Morgan fingerprint density at radius 2 is 2.04 bits per heavy atom. The molecule has 1 aromatic carbocycles. The van der Waals surface area contributed by atoms with Gasteiger partial charge < -0.3 is 10.0 Å². The number of piperazine rings is 1. The van der Waals surface area contributed by atoms with Crippen LogP contribution in [0, 0.1) is 0 Å². The van der Waals surface area contributed by atoms with Gasteiger partial charge in [-0.2, -0.15) is 5.10 Å². The monoisotopic (exact) mass is 436 g/mol. The van der Waals surface area contributed by atoms with Gasteiger partial charge in [0, 0.05) is 31.2 Å². The molecule has 2 N–H and O–H groups in total. The molecule has 2 aromatic heterocycles. The maximum Gasteiger partial charge on any atom is 0.187 e. The fourth-order valence-electron chi connectivity index (χ4n) is 3.34. The molecule has 0 radical (unpaired) electrons. The molecule has 1 unspecified atom stereocenters. The van der Waals surface area contributed by atoms with E-state index >= 15 is 0 Å². The van der Waals surface area contributed by atoms with E-state index in [4.69, 9.17) is 11.6 Å². The second kappa shape index (κ2) is 7.48. The SMILES string of the molecule is OCC1CN(c2ncnc3n[nH]c(Br)c23)CCN1Cc1ccc(Cl)cc1. The summed E-state index contributed by atoms with van der Waals surface area (Å²) in [6.45, 7) is 3.20. The highest BCUT2D eigenvalue weighted by atomic mass is 79.9. The number of nitrogens with one attached hydrogen (secondary N) is 1. The fourth-order valence-corrected chi connectivity index (χ4v) is 3.91. The maximum absolute atomic E-state index is 9.93. The topological polar surface area (TPSA) is 81.2 Å². The average Bonchev–Trinajstić information content (AvgIpc) is 3.05. The lowest BCUT2D eigenvalue weighted by molar-refractivity contribution is 0.105. The molecule has 26 heavy (non-hydrogen) atoms. The Hall–Kier alpha value is -1.74. The van der Waals surface area contributed by atoms with Crippen LogP contribution in [0.25, 0.3) is 11.0 Å². The molecule has 0 spiro atoms. The van der Waals surface area contributed by atoms with E-state index in [2.05, 4.69) is 45.9 Å². The smallest absolute Gasteiger partial charge is 0.187 e. The molecule has 0 bridgehead atoms. The molecule has 3 aromatic rings. The summed E-state index contributed by atoms with van der Waals surface area (Å²) in [6, 6.07) is 7.87. The lowest BCUT2D eigenvalue weighted by Gasteiger charge is -2.41. The highest BCUT2D eigenvalue weighted by molar-refractivity contribution is 9.10. The van der Waals surface area contributed by atoms with Gasteiger partial charge in [-0.1, -0.05) is 23.7 Å². The Balaban J connectivity index is 1.54. The Kier molecular flexibility index (Phi) is 5.08. The Morgan fingerprint density at radius 3 is 2.81 bits per heavy atom. The van der Waals surface area contributed by atoms with Crippen molar-refractivity contribution in [3.63, 3.8) is 0 Å². The first kappa shape index (κ1) is 17.7. The largest absolute Gasteiger partial charge is 0.395 e. The molecule has 1 fully saturated rings. The van der Waals surface area contributed by atoms with Crippen LogP contribution in [0.3, 0.4) is 0 Å². The molecule has 136 valence electrons. The van der Waals surface area contributed by atoms with Crippen molar-refractivity contribution in [1.82, 2.24) is 25.1 Å². The number of hydrogen-bond donors (Lipinski definition) is 2. The quantitative estimate of drug-likeness (QED) is 0.652. The number of hydrogen-bond acceptors (Lipinski definition) is 6. The van der Waals surface area contributed by atoms with Crippen molar-refractivity contribution in [2.75, 3.05) is 31.1 Å². The second-order valence-electron chi connectivity index (χ2n) is 6.31. The minimum atomic E-state index is 0.0233. The molecule has 1 atom stereocenters. The zero-order chi connectivity index (χ0) is 18.1. The number of aliphatic hydroxyl groups excluding tert-OH is 1. The fraction of sp³-hybridized carbons (Fsp3) is 0.353. The van der Waals surface area contributed by atoms with Crippen LogP contribution in [0.15, 0.2) is 35.2 Å². The van der Waals surface area contributed by atoms with Gasteiger partial charge in [0.25, 0.3) is 0 Å². The van der Waals surface area contributed by atoms with Crippen molar-refractivity contribution < 1.29 is 5.11 Å². The number of nitrogens with zero attached hydrogens (tertiary/aromatic N) is 5. The predicted molar refractivity (Wildman–Crippen MR) is 104 cm³/mol. The van der Waals surface area contributed by atoms with Crippen LogP contribution >= 0.6 is 27.5 Å². The molecular weight excluding hydrogens is 420 g/mol. The van der Waals surface area contributed by atoms with E-state index in [1.165, 1.54) is 11.9 Å². The first-order valence-electron chi connectivity index (χ1n) is 8.34. The van der Waals surface area contributed by atoms with Crippen molar-refractivity contribution in [2.45, 2.75) is 12.6 Å². The number of benzene rings is 1. The zero-order valence-corrected chi connectivity index (χ0v) is 16.3. The molecule has 1 aliphatic rings. The van der Waals surface area contributed by atoms with Crippen LogP contribution in [-0.4, -0.2) is 62.5 Å². The van der Waals surface area contributed by atoms with Gasteiger partial charge in [-0.15, -0.1) is 0 Å². The van der Waals surface area contributed by atoms with Crippen molar-refractivity contribution in [3.05, 3.63) is 45.8 Å². The number of anilines is 1. The van der Waals surface area contributed by atoms with E-state index in [-0.39, 0.29) is 12.6 Å². The first-order valence-corrected chi connectivity index (χ1v) is 9.51. The molecule has 3 heterocycles. The van der Waals surface area contributed by atoms with Crippen LogP contribution in [0.1, 0.15) is 5.56 Å². The molecule has 4 rings (SSSR count). The minimum absolute atomic E-state index is 0.0233. The lowest BCUT2D eigenvalue weighted by atomic mass is 10.1. The average molecular weight is 438 g/mol. The second-order valence-corrected chi connectivity index (χ2v) is 7.54. The highest BCUT2D eigenvalue weighted by Gasteiger charge is 2.29. The third-order valence-electron chi connectivity index (χ3n) is 4.70. The third kappa shape index (κ3) is 3.42. The van der Waals surface area contributed by atoms with Gasteiger partial charge in [0.2, 0.25) is 0 Å². The van der Waals surface area contributed by atoms with Crippen LogP contribution < -0.4 is 4.90 Å². The van der Waals surface area contributed by atoms with Crippen molar-refractivity contribution >= 4 is 44.4 Å². The molecule has 7 nitrogen and oxygen atoms in total. The summed E-state index contributed by atoms with van der Waals surface area (Å²) < 4.78 is 0.771. The number of rotatable bonds is 4. The van der Waals surface area contributed by atoms with Gasteiger partial charge in [0.1, 0.15) is 16.7 Å². The molecule has 1 aliphatic heterocycles. The van der Waals surface area contributed by atoms with Gasteiger partial charge in [-0.25, -0.2) is 9.97 Å². The normalized spacial score (nSPS) is 18.6. The molecule has 1 saturated heterocycles. The predicted octanol–water partition coefficient (Wildman–Crippen LogP) is 2.45. The molecule has 9 heteroatoms. The van der Waals surface area contributed by atoms with E-state index in [0.29, 0.717) is 12.2 Å². The standard InChI is InChI=1S/C17H18BrClN6O/c18-15-14-16(23-22-15)20-10-21-17(14)25-6-5-24(13(8-25)9-26)7-11-1-3-12(19)4-2-11/h1-4,10,13,26H,5-9H2,(H,20,21,22,23). The van der Waals surface area contributed by atoms with Gasteiger partial charge in [0.05, 0.1) is 18.0 Å². The summed E-state index contributed by atoms with van der Waals surface area (Å²) >= 11 is 9.45. The first-order chi connectivity index (χ1) is 12.7. The Morgan fingerprint density at radius 1 is 1.23 bits per heavy atom. The number of H-pyrrole nitrogens is 1. The van der Waals surface area contributed by atoms with Crippen molar-refractivity contribution in [2.24, 2.45) is 0 Å². The number of aromatic nitrogens is 4. The van der Waals surface area contributed by atoms with E-state index in [0.717, 1.165) is 40.5 Å².